The van der Waals surface area contributed by atoms with Gasteiger partial charge in [0, 0.05) is 18.8 Å². The van der Waals surface area contributed by atoms with Crippen molar-refractivity contribution in [1.29, 1.82) is 0 Å². The molecule has 15 heavy (non-hydrogen) atoms. The molecule has 1 N–H and O–H groups in total. The fourth-order valence-corrected chi connectivity index (χ4v) is 1.53. The highest BCUT2D eigenvalue weighted by Gasteiger charge is 2.15. The Kier molecular flexibility index (Phi) is 2.14. The van der Waals surface area contributed by atoms with E-state index in [1.165, 1.54) is 0 Å². The molecule has 4 heteroatoms. The largest absolute Gasteiger partial charge is 0.362 e. The lowest BCUT2D eigenvalue weighted by molar-refractivity contribution is 0.627. The summed E-state index contributed by atoms with van der Waals surface area (Å²) >= 11 is 0. The zero-order chi connectivity index (χ0) is 11.1. The number of anilines is 1. The Morgan fingerprint density at radius 2 is 2.07 bits per heavy atom. The number of aryl methyl sites for hydroxylation is 1. The number of pyridine rings is 1. The van der Waals surface area contributed by atoms with Gasteiger partial charge in [0.15, 0.2) is 5.82 Å². The molecule has 2 aromatic rings. The smallest absolute Gasteiger partial charge is 0.175 e. The molecule has 0 aliphatic carbocycles. The van der Waals surface area contributed by atoms with Crippen LogP contribution in [0.1, 0.15) is 20.8 Å². The minimum Gasteiger partial charge on any atom is -0.362 e. The Balaban J connectivity index is 2.53. The zero-order valence-electron chi connectivity index (χ0n) is 9.57. The average molecular weight is 204 g/mol. The summed E-state index contributed by atoms with van der Waals surface area (Å²) in [7, 11) is 1.93. The van der Waals surface area contributed by atoms with Crippen LogP contribution in [0.5, 0.6) is 0 Å². The van der Waals surface area contributed by atoms with Gasteiger partial charge < -0.3 is 5.32 Å². The Morgan fingerprint density at radius 3 is 2.73 bits per heavy atom. The van der Waals surface area contributed by atoms with Gasteiger partial charge in [-0.1, -0.05) is 0 Å². The van der Waals surface area contributed by atoms with E-state index in [9.17, 15) is 0 Å². The number of rotatable bonds is 1. The van der Waals surface area contributed by atoms with Crippen molar-refractivity contribution < 1.29 is 0 Å². The quantitative estimate of drug-likeness (QED) is 0.774. The third kappa shape index (κ3) is 1.93. The predicted octanol–water partition coefficient (Wildman–Crippen LogP) is 2.18. The van der Waals surface area contributed by atoms with Crippen LogP contribution in [0.3, 0.4) is 0 Å². The van der Waals surface area contributed by atoms with E-state index in [2.05, 4.69) is 36.2 Å². The summed E-state index contributed by atoms with van der Waals surface area (Å²) in [6.45, 7) is 6.32. The van der Waals surface area contributed by atoms with Crippen LogP contribution in [0.4, 0.5) is 5.82 Å². The van der Waals surface area contributed by atoms with Gasteiger partial charge in [-0.2, -0.15) is 5.10 Å². The number of nitrogens with zero attached hydrogens (tertiary/aromatic N) is 3. The second-order valence-corrected chi connectivity index (χ2v) is 4.72. The Labute approximate surface area is 89.3 Å². The summed E-state index contributed by atoms with van der Waals surface area (Å²) in [5.41, 5.74) is 1.97. The van der Waals surface area contributed by atoms with Crippen molar-refractivity contribution in [2.75, 3.05) is 5.32 Å². The first-order valence-electron chi connectivity index (χ1n) is 5.03. The number of aromatic nitrogens is 3. The molecule has 0 saturated heterocycles. The van der Waals surface area contributed by atoms with Crippen LogP contribution in [0.2, 0.25) is 0 Å². The first-order valence-corrected chi connectivity index (χ1v) is 5.03. The van der Waals surface area contributed by atoms with Crippen molar-refractivity contribution in [2.24, 2.45) is 7.05 Å². The van der Waals surface area contributed by atoms with Crippen LogP contribution in [0, 0.1) is 0 Å². The van der Waals surface area contributed by atoms with Crippen LogP contribution in [0.15, 0.2) is 18.3 Å². The van der Waals surface area contributed by atoms with Gasteiger partial charge in [-0.15, -0.1) is 0 Å². The summed E-state index contributed by atoms with van der Waals surface area (Å²) in [5, 5.41) is 7.77. The van der Waals surface area contributed by atoms with Crippen LogP contribution >= 0.6 is 0 Å². The molecule has 0 bridgehead atoms. The average Bonchev–Trinajstić information content (AvgIpc) is 2.42. The monoisotopic (exact) mass is 204 g/mol. The first-order chi connectivity index (χ1) is 6.97. The lowest BCUT2D eigenvalue weighted by Gasteiger charge is -2.19. The molecule has 0 radical (unpaired) electrons. The molecule has 4 nitrogen and oxygen atoms in total. The van der Waals surface area contributed by atoms with Crippen molar-refractivity contribution in [1.82, 2.24) is 14.8 Å². The molecule has 2 rings (SSSR count). The summed E-state index contributed by atoms with van der Waals surface area (Å²) in [5.74, 6) is 0.848. The molecular weight excluding hydrogens is 188 g/mol. The van der Waals surface area contributed by atoms with Gasteiger partial charge in [0.05, 0.1) is 5.52 Å². The van der Waals surface area contributed by atoms with Crippen molar-refractivity contribution in [3.05, 3.63) is 18.3 Å². The highest BCUT2D eigenvalue weighted by atomic mass is 15.3. The molecule has 0 spiro atoms. The van der Waals surface area contributed by atoms with Gasteiger partial charge in [-0.3, -0.25) is 9.67 Å². The van der Waals surface area contributed by atoms with Gasteiger partial charge in [-0.05, 0) is 32.9 Å². The van der Waals surface area contributed by atoms with E-state index in [-0.39, 0.29) is 5.54 Å². The standard InChI is InChI=1S/C11H16N4/c1-11(2,3)13-10-9-8(15(4)14-10)6-5-7-12-9/h5-7H,1-4H3,(H,13,14). The van der Waals surface area contributed by atoms with Gasteiger partial charge in [0.2, 0.25) is 0 Å². The second kappa shape index (κ2) is 3.22. The van der Waals surface area contributed by atoms with Gasteiger partial charge in [0.25, 0.3) is 0 Å². The number of hydrogen-bond acceptors (Lipinski definition) is 3. The second-order valence-electron chi connectivity index (χ2n) is 4.72. The molecule has 0 unspecified atom stereocenters. The summed E-state index contributed by atoms with van der Waals surface area (Å²) in [6.07, 6.45) is 1.79. The van der Waals surface area contributed by atoms with Crippen LogP contribution < -0.4 is 5.32 Å². The third-order valence-electron chi connectivity index (χ3n) is 2.10. The van der Waals surface area contributed by atoms with E-state index in [1.54, 1.807) is 6.20 Å². The predicted molar refractivity (Wildman–Crippen MR) is 61.9 cm³/mol. The Hall–Kier alpha value is -1.58. The van der Waals surface area contributed by atoms with Crippen molar-refractivity contribution in [3.63, 3.8) is 0 Å². The van der Waals surface area contributed by atoms with E-state index >= 15 is 0 Å². The normalized spacial score (nSPS) is 12.0. The molecular formula is C11H16N4. The molecule has 2 heterocycles. The number of nitrogens with one attached hydrogen (secondary N) is 1. The van der Waals surface area contributed by atoms with E-state index in [0.29, 0.717) is 0 Å². The van der Waals surface area contributed by atoms with E-state index in [0.717, 1.165) is 16.9 Å². The molecule has 0 aliphatic rings. The SMILES string of the molecule is Cn1nc(NC(C)(C)C)c2ncccc21. The number of hydrogen-bond donors (Lipinski definition) is 1. The van der Waals surface area contributed by atoms with Gasteiger partial charge in [-0.25, -0.2) is 0 Å². The van der Waals surface area contributed by atoms with Crippen molar-refractivity contribution in [3.8, 4) is 0 Å². The minimum absolute atomic E-state index is 0.00119. The first kappa shape index (κ1) is 9.96. The van der Waals surface area contributed by atoms with E-state index < -0.39 is 0 Å². The maximum atomic E-state index is 4.42. The third-order valence-corrected chi connectivity index (χ3v) is 2.10. The lowest BCUT2D eigenvalue weighted by atomic mass is 10.1. The fourth-order valence-electron chi connectivity index (χ4n) is 1.53. The highest BCUT2D eigenvalue weighted by Crippen LogP contribution is 2.22. The number of fused-ring (bicyclic) bond motifs is 1. The Morgan fingerprint density at radius 1 is 1.33 bits per heavy atom. The molecule has 0 amide bonds. The molecule has 0 fully saturated rings. The van der Waals surface area contributed by atoms with Crippen molar-refractivity contribution in [2.45, 2.75) is 26.3 Å². The molecule has 80 valence electrons. The zero-order valence-corrected chi connectivity index (χ0v) is 9.57. The van der Waals surface area contributed by atoms with Crippen molar-refractivity contribution >= 4 is 16.9 Å². The highest BCUT2D eigenvalue weighted by molar-refractivity contribution is 5.86. The summed E-state index contributed by atoms with van der Waals surface area (Å²) < 4.78 is 1.84. The molecule has 0 aromatic carbocycles. The summed E-state index contributed by atoms with van der Waals surface area (Å²) in [6, 6.07) is 3.94. The van der Waals surface area contributed by atoms with Gasteiger partial charge >= 0.3 is 0 Å². The van der Waals surface area contributed by atoms with Crippen LogP contribution in [-0.2, 0) is 7.05 Å². The topological polar surface area (TPSA) is 42.7 Å². The molecule has 0 saturated carbocycles. The van der Waals surface area contributed by atoms with E-state index in [4.69, 9.17) is 0 Å². The minimum atomic E-state index is -0.00119. The molecule has 2 aromatic heterocycles. The Bertz CT molecular complexity index is 479. The van der Waals surface area contributed by atoms with Gasteiger partial charge in [0.1, 0.15) is 5.52 Å². The van der Waals surface area contributed by atoms with Crippen LogP contribution in [0.25, 0.3) is 11.0 Å². The lowest BCUT2D eigenvalue weighted by Crippen LogP contribution is -2.26. The van der Waals surface area contributed by atoms with Crippen LogP contribution in [-0.4, -0.2) is 20.3 Å². The molecule has 0 aliphatic heterocycles. The fraction of sp³-hybridized carbons (Fsp3) is 0.455. The summed E-state index contributed by atoms with van der Waals surface area (Å²) in [4.78, 5) is 4.34. The maximum Gasteiger partial charge on any atom is 0.175 e. The maximum absolute atomic E-state index is 4.42. The van der Waals surface area contributed by atoms with E-state index in [1.807, 2.05) is 23.9 Å². The molecule has 0 atom stereocenters.